The van der Waals surface area contributed by atoms with Gasteiger partial charge in [-0.1, -0.05) is 6.07 Å². The Kier molecular flexibility index (Phi) is 6.86. The lowest BCUT2D eigenvalue weighted by Crippen LogP contribution is -2.52. The number of ether oxygens (including phenoxy) is 1. The number of alkyl halides is 3. The van der Waals surface area contributed by atoms with Gasteiger partial charge >= 0.3 is 12.3 Å². The molecule has 10 heteroatoms. The van der Waals surface area contributed by atoms with Gasteiger partial charge in [0.05, 0.1) is 0 Å². The molecule has 32 heavy (non-hydrogen) atoms. The van der Waals surface area contributed by atoms with Crippen LogP contribution in [-0.4, -0.2) is 41.3 Å². The van der Waals surface area contributed by atoms with Crippen LogP contribution in [0, 0.1) is 17.5 Å². The van der Waals surface area contributed by atoms with Gasteiger partial charge in [0.1, 0.15) is 0 Å². The lowest BCUT2D eigenvalue weighted by molar-refractivity contribution is -0.237. The van der Waals surface area contributed by atoms with Crippen LogP contribution >= 0.6 is 11.3 Å². The van der Waals surface area contributed by atoms with E-state index in [1.165, 1.54) is 6.07 Å². The number of nitrogens with two attached hydrogens (primary N) is 1. The zero-order valence-electron chi connectivity index (χ0n) is 18.2. The lowest BCUT2D eigenvalue weighted by atomic mass is 9.76. The molecule has 2 atom stereocenters. The molecular formula is C22H27F4N3O2S. The molecule has 176 valence electrons. The Morgan fingerprint density at radius 1 is 1.31 bits per heavy atom. The Morgan fingerprint density at radius 2 is 2.03 bits per heavy atom. The summed E-state index contributed by atoms with van der Waals surface area (Å²) in [7, 11) is 0. The van der Waals surface area contributed by atoms with E-state index in [9.17, 15) is 22.4 Å². The predicted molar refractivity (Wildman–Crippen MR) is 114 cm³/mol. The molecule has 1 saturated heterocycles. The van der Waals surface area contributed by atoms with E-state index in [-0.39, 0.29) is 25.8 Å². The Labute approximate surface area is 188 Å². The number of hydrogen-bond donors (Lipinski definition) is 1. The number of amides is 1. The minimum absolute atomic E-state index is 0.0409. The van der Waals surface area contributed by atoms with Crippen LogP contribution in [0.25, 0.3) is 0 Å². The average Bonchev–Trinajstić information content (AvgIpc) is 3.31. The van der Waals surface area contributed by atoms with Crippen LogP contribution < -0.4 is 5.73 Å². The second-order valence-corrected chi connectivity index (χ2v) is 9.96. The van der Waals surface area contributed by atoms with Gasteiger partial charge < -0.3 is 10.5 Å². The van der Waals surface area contributed by atoms with Crippen molar-refractivity contribution >= 4 is 17.4 Å². The molecule has 2 aromatic rings. The number of halogens is 4. The van der Waals surface area contributed by atoms with Crippen LogP contribution in [0.2, 0.25) is 0 Å². The molecule has 0 spiro atoms. The first kappa shape index (κ1) is 24.4. The third kappa shape index (κ3) is 5.23. The van der Waals surface area contributed by atoms with E-state index in [2.05, 4.69) is 9.72 Å². The molecule has 3 rings (SSSR count). The summed E-state index contributed by atoms with van der Waals surface area (Å²) in [4.78, 5) is 18.3. The van der Waals surface area contributed by atoms with E-state index in [4.69, 9.17) is 5.73 Å². The second kappa shape index (κ2) is 8.97. The van der Waals surface area contributed by atoms with Gasteiger partial charge in [0.2, 0.25) is 6.10 Å². The van der Waals surface area contributed by atoms with Crippen LogP contribution in [0.3, 0.4) is 0 Å². The summed E-state index contributed by atoms with van der Waals surface area (Å²) in [6.45, 7) is 6.14. The maximum atomic E-state index is 14.1. The maximum Gasteiger partial charge on any atom is 0.426 e. The molecule has 2 N–H and O–H groups in total. The Morgan fingerprint density at radius 3 is 2.56 bits per heavy atom. The minimum Gasteiger partial charge on any atom is -0.436 e. The van der Waals surface area contributed by atoms with Gasteiger partial charge in [0, 0.05) is 34.3 Å². The maximum absolute atomic E-state index is 14.1. The van der Waals surface area contributed by atoms with Crippen molar-refractivity contribution in [3.05, 3.63) is 51.7 Å². The van der Waals surface area contributed by atoms with E-state index >= 15 is 0 Å². The van der Waals surface area contributed by atoms with Crippen LogP contribution in [0.15, 0.2) is 30.5 Å². The number of pyridine rings is 1. The number of carbonyl (C=O) groups excluding carboxylic acids is 1. The van der Waals surface area contributed by atoms with Crippen LogP contribution in [0.5, 0.6) is 0 Å². The predicted octanol–water partition coefficient (Wildman–Crippen LogP) is 5.18. The molecule has 0 aliphatic carbocycles. The summed E-state index contributed by atoms with van der Waals surface area (Å²) in [5, 5.41) is -0.393. The SMILES string of the molecule is Cc1ccc(C(C)(C)N2CC[C@@](CCc3ccc(F)s3)([C@@H](OC(N)=O)C(F)(F)F)C2)cn1. The van der Waals surface area contributed by atoms with Gasteiger partial charge in [0.15, 0.2) is 5.13 Å². The fourth-order valence-corrected chi connectivity index (χ4v) is 5.17. The van der Waals surface area contributed by atoms with Gasteiger partial charge in [-0.15, -0.1) is 11.3 Å². The molecular weight excluding hydrogens is 446 g/mol. The molecule has 2 aromatic heterocycles. The van der Waals surface area contributed by atoms with Gasteiger partial charge in [-0.3, -0.25) is 9.88 Å². The zero-order chi connectivity index (χ0) is 23.7. The van der Waals surface area contributed by atoms with Crippen LogP contribution in [0.1, 0.15) is 42.8 Å². The molecule has 0 unspecified atom stereocenters. The Bertz CT molecular complexity index is 945. The highest BCUT2D eigenvalue weighted by Gasteiger charge is 2.59. The van der Waals surface area contributed by atoms with Crippen molar-refractivity contribution in [2.24, 2.45) is 11.1 Å². The van der Waals surface area contributed by atoms with Crippen LogP contribution in [-0.2, 0) is 16.7 Å². The number of thiophene rings is 1. The number of likely N-dealkylation sites (tertiary alicyclic amines) is 1. The fraction of sp³-hybridized carbons (Fsp3) is 0.545. The summed E-state index contributed by atoms with van der Waals surface area (Å²) < 4.78 is 60.3. The third-order valence-electron chi connectivity index (χ3n) is 6.38. The highest BCUT2D eigenvalue weighted by atomic mass is 32.1. The number of nitrogens with zero attached hydrogens (tertiary/aromatic N) is 2. The zero-order valence-corrected chi connectivity index (χ0v) is 19.0. The Hall–Kier alpha value is -2.20. The first-order valence-electron chi connectivity index (χ1n) is 10.3. The molecule has 1 aliphatic rings. The lowest BCUT2D eigenvalue weighted by Gasteiger charge is -2.41. The summed E-state index contributed by atoms with van der Waals surface area (Å²) in [6, 6.07) is 6.64. The van der Waals surface area contributed by atoms with Crippen molar-refractivity contribution in [2.45, 2.75) is 57.9 Å². The summed E-state index contributed by atoms with van der Waals surface area (Å²) in [5.41, 5.74) is 4.73. The molecule has 0 bridgehead atoms. The fourth-order valence-electron chi connectivity index (χ4n) is 4.45. The van der Waals surface area contributed by atoms with Crippen LogP contribution in [0.4, 0.5) is 22.4 Å². The number of primary amides is 1. The standard InChI is InChI=1S/C22H27F4N3O2S/c1-14-4-5-15(12-28-14)20(2,3)29-11-10-21(13-29,9-8-16-6-7-17(23)32-16)18(22(24,25)26)31-19(27)30/h4-7,12,18H,8-11,13H2,1-3H3,(H2,27,30)/t18-,21-/m1/s1. The van der Waals surface area contributed by atoms with Gasteiger partial charge in [0.25, 0.3) is 0 Å². The van der Waals surface area contributed by atoms with E-state index in [0.29, 0.717) is 11.4 Å². The number of aryl methyl sites for hydroxylation is 2. The molecule has 5 nitrogen and oxygen atoms in total. The highest BCUT2D eigenvalue weighted by molar-refractivity contribution is 7.10. The average molecular weight is 474 g/mol. The van der Waals surface area contributed by atoms with Gasteiger partial charge in [-0.2, -0.15) is 17.6 Å². The van der Waals surface area contributed by atoms with Crippen molar-refractivity contribution in [2.75, 3.05) is 13.1 Å². The third-order valence-corrected chi connectivity index (χ3v) is 7.31. The van der Waals surface area contributed by atoms with E-state index < -0.39 is 34.5 Å². The van der Waals surface area contributed by atoms with Crippen molar-refractivity contribution in [3.8, 4) is 0 Å². The molecule has 1 fully saturated rings. The first-order valence-corrected chi connectivity index (χ1v) is 11.1. The summed E-state index contributed by atoms with van der Waals surface area (Å²) in [5.74, 6) is 0. The quantitative estimate of drug-likeness (QED) is 0.563. The number of hydrogen-bond acceptors (Lipinski definition) is 5. The summed E-state index contributed by atoms with van der Waals surface area (Å²) >= 11 is 0.905. The monoisotopic (exact) mass is 473 g/mol. The largest absolute Gasteiger partial charge is 0.436 e. The van der Waals surface area contributed by atoms with Crippen molar-refractivity contribution in [1.29, 1.82) is 0 Å². The van der Waals surface area contributed by atoms with E-state index in [0.717, 1.165) is 22.6 Å². The molecule has 0 saturated carbocycles. The van der Waals surface area contributed by atoms with E-state index in [1.54, 1.807) is 12.3 Å². The first-order chi connectivity index (χ1) is 14.8. The molecule has 1 aliphatic heterocycles. The Balaban J connectivity index is 1.93. The van der Waals surface area contributed by atoms with Crippen molar-refractivity contribution < 1.29 is 27.1 Å². The highest BCUT2D eigenvalue weighted by Crippen LogP contribution is 2.49. The molecule has 0 aromatic carbocycles. The number of rotatable bonds is 7. The number of aromatic nitrogens is 1. The molecule has 0 radical (unpaired) electrons. The van der Waals surface area contributed by atoms with Gasteiger partial charge in [-0.05, 0) is 70.3 Å². The number of carbonyl (C=O) groups is 1. The second-order valence-electron chi connectivity index (χ2n) is 8.85. The normalized spacial score (nSPS) is 21.0. The van der Waals surface area contributed by atoms with Gasteiger partial charge in [-0.25, -0.2) is 4.79 Å². The smallest absolute Gasteiger partial charge is 0.426 e. The minimum atomic E-state index is -4.79. The molecule has 3 heterocycles. The summed E-state index contributed by atoms with van der Waals surface area (Å²) in [6.07, 6.45) is -6.41. The topological polar surface area (TPSA) is 68.5 Å². The van der Waals surface area contributed by atoms with Crippen molar-refractivity contribution in [1.82, 2.24) is 9.88 Å². The van der Waals surface area contributed by atoms with Crippen molar-refractivity contribution in [3.63, 3.8) is 0 Å². The molecule has 1 amide bonds. The van der Waals surface area contributed by atoms with E-state index in [1.807, 2.05) is 37.8 Å².